The largest absolute Gasteiger partial charge is 0.472 e. The number of quaternary nitrogens is 1. The second kappa shape index (κ2) is 22.6. The third-order valence-electron chi connectivity index (χ3n) is 6.13. The van der Waals surface area contributed by atoms with Crippen molar-refractivity contribution in [3.05, 3.63) is 0 Å². The van der Waals surface area contributed by atoms with Crippen LogP contribution in [0.5, 0.6) is 0 Å². The Kier molecular flexibility index (Phi) is 22.4. The lowest BCUT2D eigenvalue weighted by Crippen LogP contribution is -2.37. The lowest BCUT2D eigenvalue weighted by molar-refractivity contribution is -0.870. The Bertz CT molecular complexity index is 569. The molecule has 36 heavy (non-hydrogen) atoms. The SMILES string of the molecule is CCCCCCCCCCCCCCC(=O)CCCOCC(COP(=O)(O)OCC[N+](C)(C)C)OC. The van der Waals surface area contributed by atoms with E-state index in [-0.39, 0.29) is 19.8 Å². The first-order chi connectivity index (χ1) is 17.1. The molecular weight excluding hydrogens is 481 g/mol. The topological polar surface area (TPSA) is 91.3 Å². The highest BCUT2D eigenvalue weighted by molar-refractivity contribution is 7.47. The van der Waals surface area contributed by atoms with Gasteiger partial charge in [-0.05, 0) is 12.8 Å². The zero-order valence-electron chi connectivity index (χ0n) is 24.0. The molecule has 0 fully saturated rings. The van der Waals surface area contributed by atoms with Crippen molar-refractivity contribution in [3.63, 3.8) is 0 Å². The Balaban J connectivity index is 3.64. The quantitative estimate of drug-likeness (QED) is 0.0746. The van der Waals surface area contributed by atoms with E-state index < -0.39 is 13.9 Å². The van der Waals surface area contributed by atoms with Crippen LogP contribution in [0.1, 0.15) is 103 Å². The summed E-state index contributed by atoms with van der Waals surface area (Å²) in [5, 5.41) is 0. The summed E-state index contributed by atoms with van der Waals surface area (Å²) < 4.78 is 33.4. The van der Waals surface area contributed by atoms with Crippen molar-refractivity contribution < 1.29 is 37.3 Å². The molecule has 9 heteroatoms. The molecule has 0 aromatic heterocycles. The lowest BCUT2D eigenvalue weighted by Gasteiger charge is -2.24. The molecule has 0 saturated heterocycles. The van der Waals surface area contributed by atoms with E-state index in [1.165, 1.54) is 71.3 Å². The number of hydrogen-bond donors (Lipinski definition) is 1. The van der Waals surface area contributed by atoms with Crippen LogP contribution in [0.3, 0.4) is 0 Å². The maximum Gasteiger partial charge on any atom is 0.472 e. The average Bonchev–Trinajstić information content (AvgIpc) is 2.80. The number of Topliss-reactive ketones (excluding diaryl/α,β-unsaturated/α-hetero) is 1. The predicted molar refractivity (Wildman–Crippen MR) is 146 cm³/mol. The first-order valence-electron chi connectivity index (χ1n) is 14.1. The van der Waals surface area contributed by atoms with E-state index in [9.17, 15) is 14.3 Å². The minimum Gasteiger partial charge on any atom is -0.379 e. The molecule has 0 aromatic rings. The minimum atomic E-state index is -4.12. The molecule has 0 aliphatic heterocycles. The van der Waals surface area contributed by atoms with Gasteiger partial charge in [-0.25, -0.2) is 4.57 Å². The smallest absolute Gasteiger partial charge is 0.379 e. The average molecular weight is 539 g/mol. The molecule has 0 aliphatic rings. The Morgan fingerprint density at radius 1 is 0.778 bits per heavy atom. The van der Waals surface area contributed by atoms with Gasteiger partial charge in [-0.2, -0.15) is 0 Å². The number of carbonyl (C=O) groups excluding carboxylic acids is 1. The van der Waals surface area contributed by atoms with Crippen molar-refractivity contribution in [2.45, 2.75) is 109 Å². The van der Waals surface area contributed by atoms with Gasteiger partial charge in [0.05, 0.1) is 34.4 Å². The molecule has 0 bridgehead atoms. The van der Waals surface area contributed by atoms with E-state index >= 15 is 0 Å². The van der Waals surface area contributed by atoms with Crippen LogP contribution in [0.15, 0.2) is 0 Å². The first-order valence-corrected chi connectivity index (χ1v) is 15.6. The van der Waals surface area contributed by atoms with Gasteiger partial charge in [0.2, 0.25) is 0 Å². The summed E-state index contributed by atoms with van der Waals surface area (Å²) in [5.41, 5.74) is 0. The molecule has 2 unspecified atom stereocenters. The fourth-order valence-corrected chi connectivity index (χ4v) is 4.44. The van der Waals surface area contributed by atoms with Crippen molar-refractivity contribution >= 4 is 13.6 Å². The molecule has 0 aliphatic carbocycles. The predicted octanol–water partition coefficient (Wildman–Crippen LogP) is 6.30. The standard InChI is InChI=1S/C27H56NO7P/c1-6-7-8-9-10-11-12-13-14-15-16-17-19-26(29)20-18-22-33-24-27(32-5)25-35-36(30,31)34-23-21-28(2,3)4/h27H,6-25H2,1-5H3/p+1. The first kappa shape index (κ1) is 35.7. The normalized spacial score (nSPS) is 14.6. The van der Waals surface area contributed by atoms with Gasteiger partial charge in [-0.1, -0.05) is 77.6 Å². The van der Waals surface area contributed by atoms with Gasteiger partial charge in [-0.15, -0.1) is 0 Å². The van der Waals surface area contributed by atoms with Crippen molar-refractivity contribution in [3.8, 4) is 0 Å². The number of carbonyl (C=O) groups is 1. The van der Waals surface area contributed by atoms with Gasteiger partial charge in [-0.3, -0.25) is 13.8 Å². The number of methoxy groups -OCH3 is 1. The molecule has 0 spiro atoms. The molecule has 0 saturated carbocycles. The Morgan fingerprint density at radius 3 is 1.83 bits per heavy atom. The molecule has 0 amide bonds. The van der Waals surface area contributed by atoms with E-state index in [0.29, 0.717) is 42.7 Å². The van der Waals surface area contributed by atoms with Crippen molar-refractivity contribution in [1.29, 1.82) is 0 Å². The van der Waals surface area contributed by atoms with Gasteiger partial charge in [0, 0.05) is 26.6 Å². The molecule has 216 valence electrons. The molecule has 0 aromatic carbocycles. The maximum atomic E-state index is 12.1. The number of nitrogens with zero attached hydrogens (tertiary/aromatic N) is 1. The molecule has 0 heterocycles. The molecule has 1 N–H and O–H groups in total. The Morgan fingerprint density at radius 2 is 1.31 bits per heavy atom. The number of ketones is 1. The number of likely N-dealkylation sites (N-methyl/N-ethyl adjacent to an activating group) is 1. The molecule has 0 rings (SSSR count). The summed E-state index contributed by atoms with van der Waals surface area (Å²) >= 11 is 0. The summed E-state index contributed by atoms with van der Waals surface area (Å²) in [6.07, 6.45) is 16.9. The van der Waals surface area contributed by atoms with Crippen LogP contribution in [-0.2, 0) is 27.9 Å². The van der Waals surface area contributed by atoms with E-state index in [0.717, 1.165) is 12.8 Å². The van der Waals surface area contributed by atoms with E-state index in [1.54, 1.807) is 0 Å². The van der Waals surface area contributed by atoms with Crippen LogP contribution in [0.25, 0.3) is 0 Å². The third-order valence-corrected chi connectivity index (χ3v) is 7.11. The fourth-order valence-electron chi connectivity index (χ4n) is 3.70. The zero-order valence-corrected chi connectivity index (χ0v) is 24.9. The number of ether oxygens (including phenoxy) is 2. The molecule has 8 nitrogen and oxygen atoms in total. The summed E-state index contributed by atoms with van der Waals surface area (Å²) in [6.45, 7) is 3.53. The number of hydrogen-bond acceptors (Lipinski definition) is 6. The summed E-state index contributed by atoms with van der Waals surface area (Å²) in [4.78, 5) is 21.8. The highest BCUT2D eigenvalue weighted by Crippen LogP contribution is 2.43. The van der Waals surface area contributed by atoms with Gasteiger partial charge in [0.25, 0.3) is 0 Å². The monoisotopic (exact) mass is 538 g/mol. The third kappa shape index (κ3) is 25.3. The van der Waals surface area contributed by atoms with Crippen LogP contribution in [0.4, 0.5) is 0 Å². The van der Waals surface area contributed by atoms with Gasteiger partial charge >= 0.3 is 7.82 Å². The van der Waals surface area contributed by atoms with Crippen LogP contribution < -0.4 is 0 Å². The Hall–Kier alpha value is -0.340. The van der Waals surface area contributed by atoms with Crippen molar-refractivity contribution in [1.82, 2.24) is 0 Å². The van der Waals surface area contributed by atoms with Crippen LogP contribution in [-0.4, -0.2) is 82.5 Å². The second-order valence-electron chi connectivity index (χ2n) is 10.8. The van der Waals surface area contributed by atoms with E-state index in [4.69, 9.17) is 18.5 Å². The van der Waals surface area contributed by atoms with Gasteiger partial charge < -0.3 is 18.9 Å². The molecule has 0 radical (unpaired) electrons. The number of phosphoric ester groups is 1. The summed E-state index contributed by atoms with van der Waals surface area (Å²) in [7, 11) is 3.28. The van der Waals surface area contributed by atoms with Crippen molar-refractivity contribution in [2.75, 3.05) is 61.2 Å². The highest BCUT2D eigenvalue weighted by Gasteiger charge is 2.24. The van der Waals surface area contributed by atoms with E-state index in [1.807, 2.05) is 21.1 Å². The molecular formula is C27H57NO7P+. The minimum absolute atomic E-state index is 0.105. The van der Waals surface area contributed by atoms with E-state index in [2.05, 4.69) is 6.92 Å². The highest BCUT2D eigenvalue weighted by atomic mass is 31.2. The lowest BCUT2D eigenvalue weighted by atomic mass is 10.0. The van der Waals surface area contributed by atoms with Crippen LogP contribution in [0.2, 0.25) is 0 Å². The number of rotatable bonds is 27. The zero-order chi connectivity index (χ0) is 27.1. The van der Waals surface area contributed by atoms with Gasteiger partial charge in [0.15, 0.2) is 0 Å². The number of phosphoric acid groups is 1. The fraction of sp³-hybridized carbons (Fsp3) is 0.963. The Labute approximate surface area is 221 Å². The maximum absolute atomic E-state index is 12.1. The summed E-state index contributed by atoms with van der Waals surface area (Å²) in [5.74, 6) is 0.296. The van der Waals surface area contributed by atoms with Crippen molar-refractivity contribution in [2.24, 2.45) is 0 Å². The van der Waals surface area contributed by atoms with Crippen LogP contribution in [0, 0.1) is 0 Å². The number of unbranched alkanes of at least 4 members (excludes halogenated alkanes) is 11. The molecule has 2 atom stereocenters. The van der Waals surface area contributed by atoms with Crippen LogP contribution >= 0.6 is 7.82 Å². The second-order valence-corrected chi connectivity index (χ2v) is 12.3. The van der Waals surface area contributed by atoms with Gasteiger partial charge in [0.1, 0.15) is 25.0 Å². The summed E-state index contributed by atoms with van der Waals surface area (Å²) in [6, 6.07) is 0.